The van der Waals surface area contributed by atoms with E-state index < -0.39 is 11.6 Å². The maximum atomic E-state index is 13.1. The van der Waals surface area contributed by atoms with E-state index in [2.05, 4.69) is 15.6 Å². The van der Waals surface area contributed by atoms with Gasteiger partial charge in [-0.1, -0.05) is 0 Å². The molecule has 1 unspecified atom stereocenters. The third-order valence-electron chi connectivity index (χ3n) is 2.64. The first-order valence-electron chi connectivity index (χ1n) is 5.30. The van der Waals surface area contributed by atoms with Crippen molar-refractivity contribution in [1.29, 1.82) is 0 Å². The molecular weight excluding hydrogens is 240 g/mol. The van der Waals surface area contributed by atoms with E-state index in [0.717, 1.165) is 6.07 Å². The predicted octanol–water partition coefficient (Wildman–Crippen LogP) is 1.02. The van der Waals surface area contributed by atoms with Gasteiger partial charge in [-0.3, -0.25) is 16.4 Å². The Morgan fingerprint density at radius 2 is 1.94 bits per heavy atom. The molecule has 0 radical (unpaired) electrons. The molecule has 1 heterocycles. The molecule has 5 nitrogen and oxygen atoms in total. The van der Waals surface area contributed by atoms with Crippen molar-refractivity contribution in [3.8, 4) is 0 Å². The van der Waals surface area contributed by atoms with Gasteiger partial charge in [-0.2, -0.15) is 5.10 Å². The average Bonchev–Trinajstić information content (AvgIpc) is 2.71. The Morgan fingerprint density at radius 1 is 1.28 bits per heavy atom. The molecule has 0 saturated heterocycles. The van der Waals surface area contributed by atoms with Crippen molar-refractivity contribution < 1.29 is 8.78 Å². The first-order chi connectivity index (χ1) is 8.60. The molecule has 0 aliphatic carbocycles. The number of nitrogens with two attached hydrogens (primary N) is 2. The number of nitrogen functional groups attached to an aromatic ring is 1. The van der Waals surface area contributed by atoms with Gasteiger partial charge in [-0.15, -0.1) is 0 Å². The maximum Gasteiger partial charge on any atom is 0.126 e. The zero-order valence-corrected chi connectivity index (χ0v) is 9.45. The highest BCUT2D eigenvalue weighted by atomic mass is 19.1. The minimum atomic E-state index is -0.624. The number of hydrogen-bond donors (Lipinski definition) is 4. The summed E-state index contributed by atoms with van der Waals surface area (Å²) in [6, 6.07) is 2.96. The molecule has 0 saturated carbocycles. The molecule has 1 aromatic carbocycles. The number of nitrogens with one attached hydrogen (secondary N) is 2. The van der Waals surface area contributed by atoms with Crippen molar-refractivity contribution in [1.82, 2.24) is 15.6 Å². The van der Waals surface area contributed by atoms with Crippen LogP contribution in [-0.2, 0) is 6.42 Å². The summed E-state index contributed by atoms with van der Waals surface area (Å²) in [6.07, 6.45) is 1.82. The molecule has 1 atom stereocenters. The first-order valence-corrected chi connectivity index (χ1v) is 5.30. The van der Waals surface area contributed by atoms with E-state index in [4.69, 9.17) is 11.6 Å². The molecule has 2 aromatic rings. The Bertz CT molecular complexity index is 520. The van der Waals surface area contributed by atoms with Crippen molar-refractivity contribution in [2.24, 2.45) is 5.84 Å². The second kappa shape index (κ2) is 5.11. The highest BCUT2D eigenvalue weighted by Crippen LogP contribution is 2.22. The summed E-state index contributed by atoms with van der Waals surface area (Å²) < 4.78 is 26.1. The third-order valence-corrected chi connectivity index (χ3v) is 2.64. The second-order valence-corrected chi connectivity index (χ2v) is 3.94. The fourth-order valence-electron chi connectivity index (χ4n) is 1.81. The van der Waals surface area contributed by atoms with Gasteiger partial charge in [-0.05, 0) is 24.1 Å². The van der Waals surface area contributed by atoms with Crippen LogP contribution in [0.3, 0.4) is 0 Å². The molecule has 2 rings (SSSR count). The number of hydrogen-bond acceptors (Lipinski definition) is 4. The molecule has 0 aliphatic rings. The standard InChI is InChI=1S/C11H13F2N5/c12-7-1-6(2-8(13)4-7)3-10(17-15)9-5-16-18-11(9)14/h1-2,4-5,10,17H,3,15H2,(H3,14,16,18). The Morgan fingerprint density at radius 3 is 2.44 bits per heavy atom. The van der Waals surface area contributed by atoms with Gasteiger partial charge >= 0.3 is 0 Å². The van der Waals surface area contributed by atoms with Crippen LogP contribution < -0.4 is 17.0 Å². The van der Waals surface area contributed by atoms with E-state index in [1.807, 2.05) is 0 Å². The van der Waals surface area contributed by atoms with Crippen LogP contribution in [0.4, 0.5) is 14.6 Å². The molecule has 0 aliphatic heterocycles. The van der Waals surface area contributed by atoms with Crippen LogP contribution in [-0.4, -0.2) is 10.2 Å². The summed E-state index contributed by atoms with van der Waals surface area (Å²) >= 11 is 0. The van der Waals surface area contributed by atoms with Crippen LogP contribution in [0.2, 0.25) is 0 Å². The second-order valence-electron chi connectivity index (χ2n) is 3.94. The zero-order chi connectivity index (χ0) is 13.1. The summed E-state index contributed by atoms with van der Waals surface area (Å²) in [4.78, 5) is 0. The number of aromatic nitrogens is 2. The summed E-state index contributed by atoms with van der Waals surface area (Å²) in [5.74, 6) is 4.54. The third kappa shape index (κ3) is 2.63. The monoisotopic (exact) mass is 253 g/mol. The molecule has 6 N–H and O–H groups in total. The lowest BCUT2D eigenvalue weighted by molar-refractivity contribution is 0.541. The smallest absolute Gasteiger partial charge is 0.126 e. The van der Waals surface area contributed by atoms with E-state index in [1.54, 1.807) is 0 Å². The van der Waals surface area contributed by atoms with Crippen molar-refractivity contribution in [2.45, 2.75) is 12.5 Å². The van der Waals surface area contributed by atoms with Gasteiger partial charge in [0, 0.05) is 11.6 Å². The van der Waals surface area contributed by atoms with Crippen LogP contribution >= 0.6 is 0 Å². The van der Waals surface area contributed by atoms with Gasteiger partial charge in [0.25, 0.3) is 0 Å². The van der Waals surface area contributed by atoms with E-state index >= 15 is 0 Å². The van der Waals surface area contributed by atoms with Gasteiger partial charge in [-0.25, -0.2) is 8.78 Å². The van der Waals surface area contributed by atoms with E-state index in [1.165, 1.54) is 18.3 Å². The molecule has 0 fully saturated rings. The number of nitrogens with zero attached hydrogens (tertiary/aromatic N) is 1. The van der Waals surface area contributed by atoms with Crippen molar-refractivity contribution >= 4 is 5.82 Å². The Kier molecular flexibility index (Phi) is 3.54. The number of anilines is 1. The van der Waals surface area contributed by atoms with Crippen LogP contribution in [0.25, 0.3) is 0 Å². The maximum absolute atomic E-state index is 13.1. The summed E-state index contributed by atoms with van der Waals surface area (Å²) in [7, 11) is 0. The quantitative estimate of drug-likeness (QED) is 0.483. The largest absolute Gasteiger partial charge is 0.384 e. The normalized spacial score (nSPS) is 12.6. The molecule has 0 bridgehead atoms. The molecule has 18 heavy (non-hydrogen) atoms. The molecular formula is C11H13F2N5. The number of benzene rings is 1. The summed E-state index contributed by atoms with van der Waals surface area (Å²) in [6.45, 7) is 0. The van der Waals surface area contributed by atoms with Crippen LogP contribution in [0.5, 0.6) is 0 Å². The Labute approximate surface area is 102 Å². The minimum absolute atomic E-state index is 0.301. The predicted molar refractivity (Wildman–Crippen MR) is 63.1 cm³/mol. The topological polar surface area (TPSA) is 92.7 Å². The highest BCUT2D eigenvalue weighted by molar-refractivity contribution is 5.40. The zero-order valence-electron chi connectivity index (χ0n) is 9.45. The lowest BCUT2D eigenvalue weighted by atomic mass is 10.0. The molecule has 7 heteroatoms. The summed E-state index contributed by atoms with van der Waals surface area (Å²) in [5, 5.41) is 6.35. The van der Waals surface area contributed by atoms with Gasteiger partial charge in [0.1, 0.15) is 17.5 Å². The number of hydrazine groups is 1. The van der Waals surface area contributed by atoms with E-state index in [9.17, 15) is 8.78 Å². The minimum Gasteiger partial charge on any atom is -0.384 e. The Balaban J connectivity index is 2.23. The number of aromatic amines is 1. The lowest BCUT2D eigenvalue weighted by Crippen LogP contribution is -2.30. The van der Waals surface area contributed by atoms with Crippen molar-refractivity contribution in [3.63, 3.8) is 0 Å². The van der Waals surface area contributed by atoms with Crippen LogP contribution in [0.15, 0.2) is 24.4 Å². The lowest BCUT2D eigenvalue weighted by Gasteiger charge is -2.15. The Hall–Kier alpha value is -1.99. The van der Waals surface area contributed by atoms with Crippen LogP contribution in [0.1, 0.15) is 17.2 Å². The van der Waals surface area contributed by atoms with Crippen molar-refractivity contribution in [3.05, 3.63) is 47.2 Å². The van der Waals surface area contributed by atoms with E-state index in [-0.39, 0.29) is 6.04 Å². The number of halogens is 2. The SMILES string of the molecule is NNC(Cc1cc(F)cc(F)c1)c1cn[nH]c1N. The first kappa shape index (κ1) is 12.5. The van der Waals surface area contributed by atoms with Gasteiger partial charge in [0.15, 0.2) is 0 Å². The van der Waals surface area contributed by atoms with Crippen molar-refractivity contribution in [2.75, 3.05) is 5.73 Å². The molecule has 0 amide bonds. The number of H-pyrrole nitrogens is 1. The summed E-state index contributed by atoms with van der Waals surface area (Å²) in [5.41, 5.74) is 9.35. The highest BCUT2D eigenvalue weighted by Gasteiger charge is 2.16. The number of rotatable bonds is 4. The molecule has 0 spiro atoms. The van der Waals surface area contributed by atoms with Crippen LogP contribution in [0, 0.1) is 11.6 Å². The van der Waals surface area contributed by atoms with Gasteiger partial charge in [0.2, 0.25) is 0 Å². The molecule has 96 valence electrons. The fraction of sp³-hybridized carbons (Fsp3) is 0.182. The fourth-order valence-corrected chi connectivity index (χ4v) is 1.81. The van der Waals surface area contributed by atoms with Gasteiger partial charge in [0.05, 0.1) is 12.2 Å². The van der Waals surface area contributed by atoms with Gasteiger partial charge < -0.3 is 5.73 Å². The average molecular weight is 253 g/mol. The molecule has 1 aromatic heterocycles. The van der Waals surface area contributed by atoms with E-state index in [0.29, 0.717) is 23.4 Å².